The van der Waals surface area contributed by atoms with Gasteiger partial charge in [-0.15, -0.1) is 0 Å². The zero-order chi connectivity index (χ0) is 11.9. The van der Waals surface area contributed by atoms with Gasteiger partial charge < -0.3 is 0 Å². The van der Waals surface area contributed by atoms with Crippen LogP contribution in [-0.2, 0) is 6.42 Å². The van der Waals surface area contributed by atoms with Crippen molar-refractivity contribution in [2.24, 2.45) is 0 Å². The number of rotatable bonds is 6. The molecule has 0 amide bonds. The molecule has 0 aliphatic carbocycles. The van der Waals surface area contributed by atoms with E-state index in [4.69, 9.17) is 0 Å². The van der Waals surface area contributed by atoms with Crippen molar-refractivity contribution in [3.05, 3.63) is 42.1 Å². The number of fused-ring (bicyclic) bond motifs is 1. The Bertz CT molecular complexity index is 462. The van der Waals surface area contributed by atoms with E-state index in [1.807, 2.05) is 12.3 Å². The maximum atomic E-state index is 4.50. The van der Waals surface area contributed by atoms with Crippen LogP contribution in [0.3, 0.4) is 0 Å². The number of pyridine rings is 1. The first-order valence-corrected chi connectivity index (χ1v) is 6.74. The van der Waals surface area contributed by atoms with Crippen LogP contribution in [0, 0.1) is 0 Å². The second kappa shape index (κ2) is 6.39. The average Bonchev–Trinajstić information content (AvgIpc) is 2.38. The van der Waals surface area contributed by atoms with Crippen molar-refractivity contribution in [1.82, 2.24) is 4.98 Å². The molecule has 0 radical (unpaired) electrons. The van der Waals surface area contributed by atoms with Gasteiger partial charge in [-0.1, -0.05) is 50.8 Å². The molecular formula is C16H21N. The van der Waals surface area contributed by atoms with Crippen molar-refractivity contribution in [3.8, 4) is 0 Å². The Balaban J connectivity index is 1.90. The first kappa shape index (κ1) is 12.1. The van der Waals surface area contributed by atoms with Gasteiger partial charge in [-0.25, -0.2) is 0 Å². The summed E-state index contributed by atoms with van der Waals surface area (Å²) in [5.41, 5.74) is 2.47. The highest BCUT2D eigenvalue weighted by Gasteiger charge is 1.97. The minimum atomic E-state index is 1.10. The van der Waals surface area contributed by atoms with E-state index in [2.05, 4.69) is 36.2 Å². The summed E-state index contributed by atoms with van der Waals surface area (Å²) in [4.78, 5) is 4.50. The monoisotopic (exact) mass is 227 g/mol. The predicted octanol–water partition coefficient (Wildman–Crippen LogP) is 4.75. The summed E-state index contributed by atoms with van der Waals surface area (Å²) < 4.78 is 0. The zero-order valence-electron chi connectivity index (χ0n) is 10.7. The van der Waals surface area contributed by atoms with E-state index in [0.717, 1.165) is 5.52 Å². The van der Waals surface area contributed by atoms with Gasteiger partial charge in [0.1, 0.15) is 0 Å². The molecular weight excluding hydrogens is 206 g/mol. The maximum Gasteiger partial charge on any atom is 0.0702 e. The van der Waals surface area contributed by atoms with Crippen LogP contribution in [0.15, 0.2) is 36.5 Å². The van der Waals surface area contributed by atoms with Crippen molar-refractivity contribution in [3.63, 3.8) is 0 Å². The summed E-state index contributed by atoms with van der Waals surface area (Å²) in [6, 6.07) is 10.6. The summed E-state index contributed by atoms with van der Waals surface area (Å²) in [5, 5.41) is 1.26. The summed E-state index contributed by atoms with van der Waals surface area (Å²) >= 11 is 0. The Labute approximate surface area is 104 Å². The number of aryl methyl sites for hydroxylation is 1. The highest BCUT2D eigenvalue weighted by Crippen LogP contribution is 2.15. The second-order valence-corrected chi connectivity index (χ2v) is 4.70. The van der Waals surface area contributed by atoms with Gasteiger partial charge in [0.05, 0.1) is 5.52 Å². The number of nitrogens with zero attached hydrogens (tertiary/aromatic N) is 1. The van der Waals surface area contributed by atoms with Crippen molar-refractivity contribution < 1.29 is 0 Å². The highest BCUT2D eigenvalue weighted by atomic mass is 14.6. The molecule has 1 aromatic heterocycles. The number of benzene rings is 1. The maximum absolute atomic E-state index is 4.50. The Morgan fingerprint density at radius 3 is 2.71 bits per heavy atom. The van der Waals surface area contributed by atoms with Crippen LogP contribution in [-0.4, -0.2) is 4.98 Å². The number of hydrogen-bond donors (Lipinski definition) is 0. The molecule has 0 unspecified atom stereocenters. The van der Waals surface area contributed by atoms with Crippen molar-refractivity contribution >= 4 is 10.9 Å². The highest BCUT2D eigenvalue weighted by molar-refractivity contribution is 5.78. The van der Waals surface area contributed by atoms with Crippen LogP contribution >= 0.6 is 0 Å². The predicted molar refractivity (Wildman–Crippen MR) is 74.2 cm³/mol. The molecule has 2 aromatic rings. The summed E-state index contributed by atoms with van der Waals surface area (Å²) in [6.07, 6.45) is 9.90. The molecule has 0 saturated heterocycles. The van der Waals surface area contributed by atoms with Gasteiger partial charge in [0, 0.05) is 11.6 Å². The molecule has 0 bridgehead atoms. The molecule has 17 heavy (non-hydrogen) atoms. The lowest BCUT2D eigenvalue weighted by Crippen LogP contribution is -1.88. The van der Waals surface area contributed by atoms with E-state index in [1.165, 1.54) is 49.5 Å². The molecule has 0 aliphatic rings. The number of hydrogen-bond acceptors (Lipinski definition) is 1. The molecule has 0 N–H and O–H groups in total. The van der Waals surface area contributed by atoms with E-state index in [1.54, 1.807) is 0 Å². The molecule has 0 atom stereocenters. The molecule has 2 rings (SSSR count). The van der Waals surface area contributed by atoms with E-state index in [-0.39, 0.29) is 0 Å². The van der Waals surface area contributed by atoms with E-state index >= 15 is 0 Å². The van der Waals surface area contributed by atoms with Gasteiger partial charge >= 0.3 is 0 Å². The van der Waals surface area contributed by atoms with E-state index in [9.17, 15) is 0 Å². The summed E-state index contributed by atoms with van der Waals surface area (Å²) in [6.45, 7) is 2.26. The lowest BCUT2D eigenvalue weighted by molar-refractivity contribution is 0.632. The third-order valence-electron chi connectivity index (χ3n) is 3.22. The quantitative estimate of drug-likeness (QED) is 0.649. The van der Waals surface area contributed by atoms with Crippen LogP contribution in [0.25, 0.3) is 10.9 Å². The van der Waals surface area contributed by atoms with Gasteiger partial charge in [-0.05, 0) is 30.5 Å². The van der Waals surface area contributed by atoms with Gasteiger partial charge in [-0.3, -0.25) is 4.98 Å². The Morgan fingerprint density at radius 2 is 1.82 bits per heavy atom. The van der Waals surface area contributed by atoms with Crippen molar-refractivity contribution in [2.45, 2.75) is 45.4 Å². The average molecular weight is 227 g/mol. The second-order valence-electron chi connectivity index (χ2n) is 4.70. The molecule has 0 saturated carbocycles. The number of para-hydroxylation sites is 1. The van der Waals surface area contributed by atoms with E-state index < -0.39 is 0 Å². The fourth-order valence-corrected chi connectivity index (χ4v) is 2.19. The normalized spacial score (nSPS) is 10.9. The van der Waals surface area contributed by atoms with Gasteiger partial charge in [0.2, 0.25) is 0 Å². The Morgan fingerprint density at radius 1 is 1.00 bits per heavy atom. The third-order valence-corrected chi connectivity index (χ3v) is 3.22. The van der Waals surface area contributed by atoms with Crippen molar-refractivity contribution in [1.29, 1.82) is 0 Å². The van der Waals surface area contributed by atoms with Gasteiger partial charge in [0.25, 0.3) is 0 Å². The van der Waals surface area contributed by atoms with Crippen molar-refractivity contribution in [2.75, 3.05) is 0 Å². The standard InChI is InChI=1S/C16H21N/c1-2-3-4-5-6-9-14-12-15-10-7-8-11-16(15)17-13-14/h7-8,10-13H,2-6,9H2,1H3. The Kier molecular flexibility index (Phi) is 4.54. The van der Waals surface area contributed by atoms with Gasteiger partial charge in [-0.2, -0.15) is 0 Å². The minimum Gasteiger partial charge on any atom is -0.256 e. The minimum absolute atomic E-state index is 1.10. The summed E-state index contributed by atoms with van der Waals surface area (Å²) in [7, 11) is 0. The van der Waals surface area contributed by atoms with Crippen LogP contribution in [0.5, 0.6) is 0 Å². The first-order chi connectivity index (χ1) is 8.40. The molecule has 90 valence electrons. The molecule has 1 heterocycles. The lowest BCUT2D eigenvalue weighted by atomic mass is 10.1. The lowest BCUT2D eigenvalue weighted by Gasteiger charge is -2.03. The number of aromatic nitrogens is 1. The smallest absolute Gasteiger partial charge is 0.0702 e. The topological polar surface area (TPSA) is 12.9 Å². The molecule has 1 nitrogen and oxygen atoms in total. The van der Waals surface area contributed by atoms with Crippen LogP contribution in [0.2, 0.25) is 0 Å². The fourth-order valence-electron chi connectivity index (χ4n) is 2.19. The molecule has 0 spiro atoms. The van der Waals surface area contributed by atoms with E-state index in [0.29, 0.717) is 0 Å². The fraction of sp³-hybridized carbons (Fsp3) is 0.438. The van der Waals surface area contributed by atoms with Gasteiger partial charge in [0.15, 0.2) is 0 Å². The third kappa shape index (κ3) is 3.55. The van der Waals surface area contributed by atoms with Crippen LogP contribution in [0.4, 0.5) is 0 Å². The molecule has 1 aromatic carbocycles. The molecule has 1 heteroatoms. The van der Waals surface area contributed by atoms with Crippen LogP contribution in [0.1, 0.15) is 44.6 Å². The summed E-state index contributed by atoms with van der Waals surface area (Å²) in [5.74, 6) is 0. The zero-order valence-corrected chi connectivity index (χ0v) is 10.7. The first-order valence-electron chi connectivity index (χ1n) is 6.74. The Hall–Kier alpha value is -1.37. The molecule has 0 fully saturated rings. The molecule has 0 aliphatic heterocycles. The SMILES string of the molecule is CCCCCCCc1cnc2ccccc2c1. The largest absolute Gasteiger partial charge is 0.256 e. The number of unbranched alkanes of at least 4 members (excludes halogenated alkanes) is 4. The van der Waals surface area contributed by atoms with Crippen LogP contribution < -0.4 is 0 Å².